The van der Waals surface area contributed by atoms with Gasteiger partial charge < -0.3 is 9.47 Å². The number of carbonyl (C=O) groups excluding carboxylic acids is 1. The molecule has 1 aromatic heterocycles. The van der Waals surface area contributed by atoms with Crippen LogP contribution in [0.25, 0.3) is 10.2 Å². The van der Waals surface area contributed by atoms with Gasteiger partial charge in [0, 0.05) is 5.56 Å². The van der Waals surface area contributed by atoms with Crippen LogP contribution in [0.15, 0.2) is 70.1 Å². The number of benzene rings is 3. The zero-order chi connectivity index (χ0) is 23.9. The second kappa shape index (κ2) is 11.3. The molecule has 0 saturated carbocycles. The number of rotatable bonds is 9. The fourth-order valence-corrected chi connectivity index (χ4v) is 5.03. The number of fused-ring (bicyclic) bond motifs is 1. The van der Waals surface area contributed by atoms with Gasteiger partial charge in [-0.2, -0.15) is 5.10 Å². The van der Waals surface area contributed by atoms with E-state index in [4.69, 9.17) is 21.1 Å². The number of hydrazone groups is 1. The molecule has 174 valence electrons. The highest BCUT2D eigenvalue weighted by atomic mass is 35.5. The van der Waals surface area contributed by atoms with Gasteiger partial charge in [-0.05, 0) is 48.0 Å². The highest BCUT2D eigenvalue weighted by Gasteiger charge is 2.11. The molecule has 4 aromatic rings. The summed E-state index contributed by atoms with van der Waals surface area (Å²) in [5.74, 6) is 0.386. The molecule has 0 aliphatic carbocycles. The smallest absolute Gasteiger partial charge is 0.250 e. The number of halogens is 2. The summed E-state index contributed by atoms with van der Waals surface area (Å²) in [5, 5.41) is 4.29. The minimum Gasteiger partial charge on any atom is -0.493 e. The molecule has 0 fully saturated rings. The van der Waals surface area contributed by atoms with Crippen molar-refractivity contribution in [1.29, 1.82) is 0 Å². The van der Waals surface area contributed by atoms with Gasteiger partial charge in [0.1, 0.15) is 12.4 Å². The van der Waals surface area contributed by atoms with Crippen LogP contribution in [0.3, 0.4) is 0 Å². The number of thiazole rings is 1. The first-order chi connectivity index (χ1) is 16.5. The van der Waals surface area contributed by atoms with Gasteiger partial charge in [0.25, 0.3) is 5.91 Å². The zero-order valence-corrected chi connectivity index (χ0v) is 20.3. The molecule has 0 saturated heterocycles. The lowest BCUT2D eigenvalue weighted by Crippen LogP contribution is -2.19. The molecule has 0 spiro atoms. The minimum atomic E-state index is -0.438. The summed E-state index contributed by atoms with van der Waals surface area (Å²) in [5.41, 5.74) is 4.38. The van der Waals surface area contributed by atoms with Gasteiger partial charge >= 0.3 is 0 Å². The van der Waals surface area contributed by atoms with Gasteiger partial charge in [-0.3, -0.25) is 4.79 Å². The van der Waals surface area contributed by atoms with Crippen LogP contribution >= 0.6 is 34.7 Å². The largest absolute Gasteiger partial charge is 0.493 e. The Morgan fingerprint density at radius 2 is 2.06 bits per heavy atom. The first-order valence-electron chi connectivity index (χ1n) is 10.1. The van der Waals surface area contributed by atoms with E-state index in [9.17, 15) is 9.18 Å². The summed E-state index contributed by atoms with van der Waals surface area (Å²) in [6.07, 6.45) is 1.50. The highest BCUT2D eigenvalue weighted by molar-refractivity contribution is 8.01. The maximum absolute atomic E-state index is 14.0. The Balaban J connectivity index is 1.31. The average Bonchev–Trinajstić information content (AvgIpc) is 3.26. The number of ether oxygens (including phenoxy) is 2. The van der Waals surface area contributed by atoms with Crippen molar-refractivity contribution in [3.63, 3.8) is 0 Å². The maximum Gasteiger partial charge on any atom is 0.250 e. The van der Waals surface area contributed by atoms with Crippen LogP contribution in [-0.4, -0.2) is 30.0 Å². The lowest BCUT2D eigenvalue weighted by molar-refractivity contribution is -0.118. The molecule has 0 unspecified atom stereocenters. The molecule has 34 heavy (non-hydrogen) atoms. The molecule has 0 bridgehead atoms. The molecule has 3 aromatic carbocycles. The standard InChI is InChI=1S/C24H19ClFN3O3S2/c1-31-21-11-15(9-10-20(21)32-13-16-17(25)5-4-6-18(16)26)12-27-29-23(30)14-33-24-28-19-7-2-3-8-22(19)34-24/h2-12H,13-14H2,1H3,(H,29,30)/b27-12-. The zero-order valence-electron chi connectivity index (χ0n) is 18.0. The van der Waals surface area contributed by atoms with Gasteiger partial charge in [-0.15, -0.1) is 11.3 Å². The lowest BCUT2D eigenvalue weighted by Gasteiger charge is -2.12. The van der Waals surface area contributed by atoms with Gasteiger partial charge in [0.2, 0.25) is 0 Å². The molecule has 0 aliphatic heterocycles. The fourth-order valence-electron chi connectivity index (χ4n) is 2.96. The molecule has 10 heteroatoms. The third kappa shape index (κ3) is 6.05. The SMILES string of the molecule is COc1cc(/C=N\NC(=O)CSc2nc3ccccc3s2)ccc1OCc1c(F)cccc1Cl. The van der Waals surface area contributed by atoms with Gasteiger partial charge in [-0.25, -0.2) is 14.8 Å². The number of carbonyl (C=O) groups is 1. The van der Waals surface area contributed by atoms with Crippen molar-refractivity contribution in [1.82, 2.24) is 10.4 Å². The second-order valence-electron chi connectivity index (χ2n) is 6.93. The molecule has 1 heterocycles. The van der Waals surface area contributed by atoms with E-state index in [1.165, 1.54) is 37.2 Å². The Bertz CT molecular complexity index is 1290. The van der Waals surface area contributed by atoms with E-state index in [0.717, 1.165) is 14.6 Å². The number of para-hydroxylation sites is 1. The van der Waals surface area contributed by atoms with Crippen molar-refractivity contribution >= 4 is 57.0 Å². The molecule has 1 N–H and O–H groups in total. The Labute approximate surface area is 208 Å². The number of amides is 1. The number of nitrogens with zero attached hydrogens (tertiary/aromatic N) is 2. The van der Waals surface area contributed by atoms with Crippen molar-refractivity contribution in [3.05, 3.63) is 82.6 Å². The van der Waals surface area contributed by atoms with E-state index in [2.05, 4.69) is 15.5 Å². The van der Waals surface area contributed by atoms with Crippen molar-refractivity contribution in [2.24, 2.45) is 5.10 Å². The fraction of sp³-hybridized carbons (Fsp3) is 0.125. The maximum atomic E-state index is 14.0. The van der Waals surface area contributed by atoms with E-state index < -0.39 is 5.82 Å². The minimum absolute atomic E-state index is 0.0440. The van der Waals surface area contributed by atoms with Gasteiger partial charge in [0.15, 0.2) is 15.8 Å². The van der Waals surface area contributed by atoms with Crippen LogP contribution in [0.1, 0.15) is 11.1 Å². The van der Waals surface area contributed by atoms with Crippen LogP contribution in [0.2, 0.25) is 5.02 Å². The summed E-state index contributed by atoms with van der Waals surface area (Å²) in [6.45, 7) is -0.0440. The molecular formula is C24H19ClFN3O3S2. The third-order valence-electron chi connectivity index (χ3n) is 4.63. The molecule has 0 atom stereocenters. The van der Waals surface area contributed by atoms with Crippen molar-refractivity contribution in [2.45, 2.75) is 10.9 Å². The molecular weight excluding hydrogens is 497 g/mol. The topological polar surface area (TPSA) is 72.8 Å². The van der Waals surface area contributed by atoms with Crippen LogP contribution in [-0.2, 0) is 11.4 Å². The Hall–Kier alpha value is -3.14. The van der Waals surface area contributed by atoms with E-state index in [1.54, 1.807) is 35.6 Å². The highest BCUT2D eigenvalue weighted by Crippen LogP contribution is 2.30. The van der Waals surface area contributed by atoms with Crippen LogP contribution < -0.4 is 14.9 Å². The number of hydrogen-bond donors (Lipinski definition) is 1. The monoisotopic (exact) mass is 515 g/mol. The van der Waals surface area contributed by atoms with Crippen molar-refractivity contribution in [3.8, 4) is 11.5 Å². The Morgan fingerprint density at radius 3 is 2.85 bits per heavy atom. The quantitative estimate of drug-likeness (QED) is 0.170. The first kappa shape index (κ1) is 24.0. The van der Waals surface area contributed by atoms with Gasteiger partial charge in [0.05, 0.1) is 34.3 Å². The summed E-state index contributed by atoms with van der Waals surface area (Å²) in [7, 11) is 1.50. The predicted octanol–water partition coefficient (Wildman–Crippen LogP) is 5.92. The van der Waals surface area contributed by atoms with Crippen LogP contribution in [0.5, 0.6) is 11.5 Å². The molecule has 4 rings (SSSR count). The van der Waals surface area contributed by atoms with Gasteiger partial charge in [-0.1, -0.05) is 41.6 Å². The predicted molar refractivity (Wildman–Crippen MR) is 135 cm³/mol. The summed E-state index contributed by atoms with van der Waals surface area (Å²) < 4.78 is 26.9. The number of aromatic nitrogens is 1. The molecule has 0 aliphatic rings. The number of hydrogen-bond acceptors (Lipinski definition) is 7. The van der Waals surface area contributed by atoms with E-state index in [1.807, 2.05) is 24.3 Å². The summed E-state index contributed by atoms with van der Waals surface area (Å²) >= 11 is 8.96. The lowest BCUT2D eigenvalue weighted by atomic mass is 10.2. The normalized spacial score (nSPS) is 11.1. The Morgan fingerprint density at radius 1 is 1.21 bits per heavy atom. The Kier molecular flexibility index (Phi) is 7.99. The van der Waals surface area contributed by atoms with Crippen LogP contribution in [0.4, 0.5) is 4.39 Å². The molecule has 6 nitrogen and oxygen atoms in total. The number of thioether (sulfide) groups is 1. The summed E-state index contributed by atoms with van der Waals surface area (Å²) in [4.78, 5) is 16.6. The van der Waals surface area contributed by atoms with E-state index in [-0.39, 0.29) is 23.8 Å². The van der Waals surface area contributed by atoms with Crippen LogP contribution in [0, 0.1) is 5.82 Å². The molecule has 1 amide bonds. The van der Waals surface area contributed by atoms with Crippen molar-refractivity contribution in [2.75, 3.05) is 12.9 Å². The van der Waals surface area contributed by atoms with E-state index in [0.29, 0.717) is 22.1 Å². The number of methoxy groups -OCH3 is 1. The van der Waals surface area contributed by atoms with Crippen molar-refractivity contribution < 1.29 is 18.7 Å². The third-order valence-corrected chi connectivity index (χ3v) is 7.16. The average molecular weight is 516 g/mol. The second-order valence-corrected chi connectivity index (χ2v) is 9.59. The summed E-state index contributed by atoms with van der Waals surface area (Å²) in [6, 6.07) is 17.4. The first-order valence-corrected chi connectivity index (χ1v) is 12.3. The molecule has 0 radical (unpaired) electrons. The number of nitrogens with one attached hydrogen (secondary N) is 1. The van der Waals surface area contributed by atoms with E-state index >= 15 is 0 Å².